The van der Waals surface area contributed by atoms with Crippen molar-refractivity contribution in [3.63, 3.8) is 0 Å². The molecule has 1 aromatic carbocycles. The van der Waals surface area contributed by atoms with Crippen molar-refractivity contribution in [1.82, 2.24) is 0 Å². The number of rotatable bonds is 4. The summed E-state index contributed by atoms with van der Waals surface area (Å²) in [6.07, 6.45) is 6.16. The van der Waals surface area contributed by atoms with Crippen molar-refractivity contribution in [2.24, 2.45) is 0 Å². The number of hydrogen-bond acceptors (Lipinski definition) is 1. The molecule has 0 fully saturated rings. The third kappa shape index (κ3) is 2.24. The molecular formula is C22H26FN2+. The normalized spacial score (nSPS) is 24.3. The molecule has 3 rings (SSSR count). The Bertz CT molecular complexity index is 852. The van der Waals surface area contributed by atoms with E-state index in [1.165, 1.54) is 0 Å². The second-order valence-corrected chi connectivity index (χ2v) is 7.27. The van der Waals surface area contributed by atoms with E-state index >= 15 is 0 Å². The van der Waals surface area contributed by atoms with Crippen LogP contribution in [0.5, 0.6) is 0 Å². The topological polar surface area (TPSA) is 27.7 Å². The average molecular weight is 337 g/mol. The summed E-state index contributed by atoms with van der Waals surface area (Å²) in [5.74, 6) is -0.410. The largest absolute Gasteiger partial charge is 0.213 e. The van der Waals surface area contributed by atoms with E-state index in [0.717, 1.165) is 42.5 Å². The number of nitrogens with zero attached hydrogens (tertiary/aromatic N) is 2. The first-order valence-electron chi connectivity index (χ1n) is 9.24. The number of hydrogen-bond donors (Lipinski definition) is 0. The van der Waals surface area contributed by atoms with Crippen LogP contribution in [0.15, 0.2) is 36.5 Å². The molecule has 130 valence electrons. The van der Waals surface area contributed by atoms with Crippen LogP contribution in [0.1, 0.15) is 64.5 Å². The van der Waals surface area contributed by atoms with E-state index in [2.05, 4.69) is 50.6 Å². The summed E-state index contributed by atoms with van der Waals surface area (Å²) in [6.45, 7) is 8.90. The van der Waals surface area contributed by atoms with Crippen molar-refractivity contribution >= 4 is 0 Å². The summed E-state index contributed by atoms with van der Waals surface area (Å²) in [5.41, 5.74) is 2.93. The summed E-state index contributed by atoms with van der Waals surface area (Å²) >= 11 is 0. The van der Waals surface area contributed by atoms with Crippen LogP contribution in [0.2, 0.25) is 0 Å². The maximum Gasteiger partial charge on any atom is 0.213 e. The SMILES string of the molecule is CCCC1(CC)[n+]2ccccc2-c2cc(C#N)c(F)cc2C1(C)CC. The Balaban J connectivity index is 2.46. The Morgan fingerprint density at radius 1 is 1.16 bits per heavy atom. The van der Waals surface area contributed by atoms with Crippen molar-refractivity contribution in [3.8, 4) is 17.3 Å². The van der Waals surface area contributed by atoms with E-state index < -0.39 is 5.82 Å². The standard InChI is InChI=1S/C22H26FN2/c1-5-11-22(7-3)21(4,6-2)18-14-19(23)16(15-24)13-17(18)20-10-8-9-12-25(20)22/h8-10,12-14H,5-7,11H2,1-4H3/q+1. The van der Waals surface area contributed by atoms with Crippen LogP contribution < -0.4 is 4.57 Å². The van der Waals surface area contributed by atoms with Crippen molar-refractivity contribution < 1.29 is 8.96 Å². The van der Waals surface area contributed by atoms with E-state index in [1.54, 1.807) is 12.1 Å². The minimum Gasteiger partial charge on any atom is -0.206 e. The first-order chi connectivity index (χ1) is 12.0. The van der Waals surface area contributed by atoms with Crippen LogP contribution in [0.3, 0.4) is 0 Å². The van der Waals surface area contributed by atoms with Gasteiger partial charge in [0.05, 0.1) is 16.5 Å². The molecule has 0 bridgehead atoms. The molecule has 0 saturated heterocycles. The van der Waals surface area contributed by atoms with Gasteiger partial charge in [0, 0.05) is 25.0 Å². The van der Waals surface area contributed by atoms with Gasteiger partial charge in [-0.05, 0) is 43.5 Å². The molecular weight excluding hydrogens is 311 g/mol. The Labute approximate surface area is 149 Å². The fourth-order valence-corrected chi connectivity index (χ4v) is 4.95. The molecule has 2 atom stereocenters. The first-order valence-corrected chi connectivity index (χ1v) is 9.24. The summed E-state index contributed by atoms with van der Waals surface area (Å²) in [5, 5.41) is 9.29. The Morgan fingerprint density at radius 2 is 1.92 bits per heavy atom. The third-order valence-electron chi connectivity index (χ3n) is 6.40. The van der Waals surface area contributed by atoms with E-state index in [9.17, 15) is 9.65 Å². The summed E-state index contributed by atoms with van der Waals surface area (Å²) in [4.78, 5) is 0. The molecule has 0 amide bonds. The predicted octanol–water partition coefficient (Wildman–Crippen LogP) is 5.24. The molecule has 1 aliphatic rings. The van der Waals surface area contributed by atoms with Gasteiger partial charge in [0.1, 0.15) is 11.9 Å². The lowest BCUT2D eigenvalue weighted by atomic mass is 9.58. The van der Waals surface area contributed by atoms with Crippen LogP contribution in [-0.2, 0) is 11.0 Å². The monoisotopic (exact) mass is 337 g/mol. The summed E-state index contributed by atoms with van der Waals surface area (Å²) in [7, 11) is 0. The predicted molar refractivity (Wildman–Crippen MR) is 97.6 cm³/mol. The van der Waals surface area contributed by atoms with Gasteiger partial charge >= 0.3 is 0 Å². The number of aromatic nitrogens is 1. The second kappa shape index (κ2) is 6.26. The number of benzene rings is 1. The molecule has 1 aliphatic heterocycles. The van der Waals surface area contributed by atoms with Gasteiger partial charge in [-0.3, -0.25) is 0 Å². The fourth-order valence-electron chi connectivity index (χ4n) is 4.95. The number of fused-ring (bicyclic) bond motifs is 3. The summed E-state index contributed by atoms with van der Waals surface area (Å²) < 4.78 is 16.9. The Hall–Kier alpha value is -2.21. The van der Waals surface area contributed by atoms with Gasteiger partial charge in [-0.15, -0.1) is 0 Å². The van der Waals surface area contributed by atoms with Crippen molar-refractivity contribution in [2.45, 2.75) is 64.3 Å². The van der Waals surface area contributed by atoms with E-state index in [0.29, 0.717) is 0 Å². The lowest BCUT2D eigenvalue weighted by Crippen LogP contribution is -2.69. The highest BCUT2D eigenvalue weighted by atomic mass is 19.1. The van der Waals surface area contributed by atoms with Crippen LogP contribution in [0, 0.1) is 17.1 Å². The maximum absolute atomic E-state index is 14.5. The van der Waals surface area contributed by atoms with Crippen molar-refractivity contribution in [2.75, 3.05) is 0 Å². The number of halogens is 1. The van der Waals surface area contributed by atoms with Gasteiger partial charge in [0.2, 0.25) is 5.69 Å². The molecule has 2 nitrogen and oxygen atoms in total. The van der Waals surface area contributed by atoms with Gasteiger partial charge in [-0.1, -0.05) is 20.8 Å². The maximum atomic E-state index is 14.5. The molecule has 0 spiro atoms. The zero-order chi connectivity index (χ0) is 18.2. The van der Waals surface area contributed by atoms with E-state index in [4.69, 9.17) is 0 Å². The molecule has 2 unspecified atom stereocenters. The van der Waals surface area contributed by atoms with E-state index in [-0.39, 0.29) is 16.5 Å². The quantitative estimate of drug-likeness (QED) is 0.701. The highest BCUT2D eigenvalue weighted by Gasteiger charge is 2.58. The smallest absolute Gasteiger partial charge is 0.206 e. The van der Waals surface area contributed by atoms with Crippen LogP contribution >= 0.6 is 0 Å². The molecule has 0 radical (unpaired) electrons. The van der Waals surface area contributed by atoms with Gasteiger partial charge in [0.15, 0.2) is 11.7 Å². The Kier molecular flexibility index (Phi) is 4.41. The highest BCUT2D eigenvalue weighted by Crippen LogP contribution is 2.51. The van der Waals surface area contributed by atoms with Gasteiger partial charge in [-0.2, -0.15) is 9.83 Å². The van der Waals surface area contributed by atoms with Crippen LogP contribution in [-0.4, -0.2) is 0 Å². The molecule has 0 saturated carbocycles. The average Bonchev–Trinajstić information content (AvgIpc) is 2.64. The second-order valence-electron chi connectivity index (χ2n) is 7.27. The van der Waals surface area contributed by atoms with Gasteiger partial charge in [-0.25, -0.2) is 4.39 Å². The van der Waals surface area contributed by atoms with Crippen LogP contribution in [0.4, 0.5) is 4.39 Å². The van der Waals surface area contributed by atoms with Gasteiger partial charge in [0.25, 0.3) is 0 Å². The van der Waals surface area contributed by atoms with Crippen molar-refractivity contribution in [3.05, 3.63) is 53.5 Å². The lowest BCUT2D eigenvalue weighted by Gasteiger charge is -2.48. The fraction of sp³-hybridized carbons (Fsp3) is 0.455. The molecule has 2 heterocycles. The van der Waals surface area contributed by atoms with Crippen LogP contribution in [0.25, 0.3) is 11.3 Å². The molecule has 0 aliphatic carbocycles. The van der Waals surface area contributed by atoms with Crippen molar-refractivity contribution in [1.29, 1.82) is 5.26 Å². The van der Waals surface area contributed by atoms with Gasteiger partial charge < -0.3 is 0 Å². The molecule has 2 aromatic rings. The summed E-state index contributed by atoms with van der Waals surface area (Å²) in [6, 6.07) is 11.5. The molecule has 25 heavy (non-hydrogen) atoms. The zero-order valence-corrected chi connectivity index (χ0v) is 15.6. The molecule has 0 N–H and O–H groups in total. The highest BCUT2D eigenvalue weighted by molar-refractivity contribution is 5.67. The first kappa shape index (κ1) is 17.6. The third-order valence-corrected chi connectivity index (χ3v) is 6.40. The Morgan fingerprint density at radius 3 is 2.52 bits per heavy atom. The minimum atomic E-state index is -0.410. The lowest BCUT2D eigenvalue weighted by molar-refractivity contribution is -0.770. The number of nitriles is 1. The van der Waals surface area contributed by atoms with E-state index in [1.807, 2.05) is 12.1 Å². The minimum absolute atomic E-state index is 0.0965. The number of pyridine rings is 1. The molecule has 3 heteroatoms. The molecule has 1 aromatic heterocycles. The zero-order valence-electron chi connectivity index (χ0n) is 15.6.